The number of ether oxygens (including phenoxy) is 3. The molecule has 0 bridgehead atoms. The standard InChI is InChI=1S/C19H20INO4/c1-12-5-7-14(11-15(12)20)21-18(22)8-6-13-9-16(23-2)19(25-4)17(10-13)24-3/h5-11H,1-4H3,(H,21,22)/b8-6+. The largest absolute Gasteiger partial charge is 0.493 e. The van der Waals surface area contributed by atoms with Crippen molar-refractivity contribution in [1.29, 1.82) is 0 Å². The number of benzene rings is 2. The van der Waals surface area contributed by atoms with Crippen LogP contribution >= 0.6 is 22.6 Å². The van der Waals surface area contributed by atoms with E-state index in [2.05, 4.69) is 27.9 Å². The van der Waals surface area contributed by atoms with Crippen molar-refractivity contribution >= 4 is 40.3 Å². The van der Waals surface area contributed by atoms with Crippen LogP contribution in [0.2, 0.25) is 0 Å². The molecule has 1 N–H and O–H groups in total. The van der Waals surface area contributed by atoms with Gasteiger partial charge in [-0.3, -0.25) is 4.79 Å². The van der Waals surface area contributed by atoms with Gasteiger partial charge in [-0.05, 0) is 71.0 Å². The van der Waals surface area contributed by atoms with E-state index in [0.29, 0.717) is 17.2 Å². The molecule has 2 aromatic carbocycles. The second kappa shape index (κ2) is 8.75. The molecule has 0 radical (unpaired) electrons. The van der Waals surface area contributed by atoms with Gasteiger partial charge in [-0.15, -0.1) is 0 Å². The van der Waals surface area contributed by atoms with Crippen LogP contribution in [0.4, 0.5) is 5.69 Å². The fourth-order valence-corrected chi connectivity index (χ4v) is 2.74. The molecule has 25 heavy (non-hydrogen) atoms. The lowest BCUT2D eigenvalue weighted by atomic mass is 10.1. The van der Waals surface area contributed by atoms with Crippen molar-refractivity contribution in [2.45, 2.75) is 6.92 Å². The van der Waals surface area contributed by atoms with Crippen molar-refractivity contribution < 1.29 is 19.0 Å². The Morgan fingerprint density at radius 3 is 2.20 bits per heavy atom. The quantitative estimate of drug-likeness (QED) is 0.524. The van der Waals surface area contributed by atoms with Gasteiger partial charge in [0.2, 0.25) is 11.7 Å². The van der Waals surface area contributed by atoms with Gasteiger partial charge < -0.3 is 19.5 Å². The average molecular weight is 453 g/mol. The lowest BCUT2D eigenvalue weighted by Crippen LogP contribution is -2.08. The van der Waals surface area contributed by atoms with Crippen molar-refractivity contribution in [3.05, 3.63) is 51.1 Å². The van der Waals surface area contributed by atoms with Crippen LogP contribution in [-0.2, 0) is 4.79 Å². The Morgan fingerprint density at radius 1 is 1.04 bits per heavy atom. The van der Waals surface area contributed by atoms with Gasteiger partial charge in [0.05, 0.1) is 21.3 Å². The number of hydrogen-bond donors (Lipinski definition) is 1. The lowest BCUT2D eigenvalue weighted by Gasteiger charge is -2.12. The molecule has 2 rings (SSSR count). The maximum absolute atomic E-state index is 12.1. The smallest absolute Gasteiger partial charge is 0.248 e. The highest BCUT2D eigenvalue weighted by Crippen LogP contribution is 2.38. The molecule has 5 nitrogen and oxygen atoms in total. The third-order valence-electron chi connectivity index (χ3n) is 3.55. The monoisotopic (exact) mass is 453 g/mol. The molecule has 0 fully saturated rings. The Hall–Kier alpha value is -2.22. The molecular weight excluding hydrogens is 433 g/mol. The van der Waals surface area contributed by atoms with Crippen molar-refractivity contribution in [1.82, 2.24) is 0 Å². The molecule has 1 amide bonds. The molecular formula is C19H20INO4. The summed E-state index contributed by atoms with van der Waals surface area (Å²) in [7, 11) is 4.65. The van der Waals surface area contributed by atoms with Crippen molar-refractivity contribution in [3.63, 3.8) is 0 Å². The molecule has 0 aliphatic rings. The van der Waals surface area contributed by atoms with Crippen LogP contribution in [0.3, 0.4) is 0 Å². The van der Waals surface area contributed by atoms with E-state index < -0.39 is 0 Å². The SMILES string of the molecule is COc1cc(/C=C/C(=O)Nc2ccc(C)c(I)c2)cc(OC)c1OC. The summed E-state index contributed by atoms with van der Waals surface area (Å²) < 4.78 is 17.0. The summed E-state index contributed by atoms with van der Waals surface area (Å²) in [5, 5.41) is 2.84. The molecule has 0 aromatic heterocycles. The molecule has 0 spiro atoms. The molecule has 6 heteroatoms. The van der Waals surface area contributed by atoms with E-state index >= 15 is 0 Å². The predicted molar refractivity (Wildman–Crippen MR) is 108 cm³/mol. The molecule has 0 aliphatic carbocycles. The Morgan fingerprint density at radius 2 is 1.68 bits per heavy atom. The van der Waals surface area contributed by atoms with Crippen LogP contribution in [0.5, 0.6) is 17.2 Å². The third kappa shape index (κ3) is 4.88. The van der Waals surface area contributed by atoms with E-state index in [-0.39, 0.29) is 5.91 Å². The molecule has 0 saturated carbocycles. The Labute approximate surface area is 161 Å². The average Bonchev–Trinajstić information content (AvgIpc) is 2.62. The van der Waals surface area contributed by atoms with Gasteiger partial charge in [0.15, 0.2) is 11.5 Å². The minimum atomic E-state index is -0.214. The topological polar surface area (TPSA) is 56.8 Å². The first-order valence-corrected chi connectivity index (χ1v) is 8.61. The van der Waals surface area contributed by atoms with E-state index in [9.17, 15) is 4.79 Å². The Balaban J connectivity index is 2.17. The molecule has 0 atom stereocenters. The highest BCUT2D eigenvalue weighted by atomic mass is 127. The van der Waals surface area contributed by atoms with Crippen LogP contribution in [0.15, 0.2) is 36.4 Å². The lowest BCUT2D eigenvalue weighted by molar-refractivity contribution is -0.111. The first-order valence-electron chi connectivity index (χ1n) is 7.53. The molecule has 0 unspecified atom stereocenters. The van der Waals surface area contributed by atoms with Crippen molar-refractivity contribution in [2.75, 3.05) is 26.6 Å². The Kier molecular flexibility index (Phi) is 6.69. The van der Waals surface area contributed by atoms with E-state index in [1.165, 1.54) is 11.6 Å². The number of carbonyl (C=O) groups is 1. The normalized spacial score (nSPS) is 10.6. The molecule has 132 valence electrons. The number of anilines is 1. The first kappa shape index (κ1) is 19.1. The number of aryl methyl sites for hydroxylation is 1. The fourth-order valence-electron chi connectivity index (χ4n) is 2.22. The summed E-state index contributed by atoms with van der Waals surface area (Å²) in [6, 6.07) is 9.34. The second-order valence-electron chi connectivity index (χ2n) is 5.25. The summed E-state index contributed by atoms with van der Waals surface area (Å²) in [6.45, 7) is 2.03. The van der Waals surface area contributed by atoms with Crippen LogP contribution in [0, 0.1) is 10.5 Å². The number of hydrogen-bond acceptors (Lipinski definition) is 4. The van der Waals surface area contributed by atoms with Gasteiger partial charge >= 0.3 is 0 Å². The summed E-state index contributed by atoms with van der Waals surface area (Å²) in [4.78, 5) is 12.1. The maximum atomic E-state index is 12.1. The fraction of sp³-hybridized carbons (Fsp3) is 0.211. The number of nitrogens with one attached hydrogen (secondary N) is 1. The number of rotatable bonds is 6. The van der Waals surface area contributed by atoms with Crippen LogP contribution in [0.25, 0.3) is 6.08 Å². The molecule has 0 aliphatic heterocycles. The van der Waals surface area contributed by atoms with Gasteiger partial charge in [-0.1, -0.05) is 6.07 Å². The highest BCUT2D eigenvalue weighted by Gasteiger charge is 2.12. The first-order chi connectivity index (χ1) is 12.0. The van der Waals surface area contributed by atoms with Crippen molar-refractivity contribution in [2.24, 2.45) is 0 Å². The minimum Gasteiger partial charge on any atom is -0.493 e. The zero-order valence-corrected chi connectivity index (χ0v) is 16.7. The maximum Gasteiger partial charge on any atom is 0.248 e. The van der Waals surface area contributed by atoms with Gasteiger partial charge in [0, 0.05) is 15.3 Å². The highest BCUT2D eigenvalue weighted by molar-refractivity contribution is 14.1. The van der Waals surface area contributed by atoms with Crippen LogP contribution in [-0.4, -0.2) is 27.2 Å². The number of methoxy groups -OCH3 is 3. The number of carbonyl (C=O) groups excluding carboxylic acids is 1. The molecule has 2 aromatic rings. The van der Waals surface area contributed by atoms with Crippen LogP contribution < -0.4 is 19.5 Å². The van der Waals surface area contributed by atoms with E-state index in [1.807, 2.05) is 25.1 Å². The Bertz CT molecular complexity index is 777. The summed E-state index contributed by atoms with van der Waals surface area (Å²) in [5.74, 6) is 1.37. The third-order valence-corrected chi connectivity index (χ3v) is 4.72. The number of halogens is 1. The van der Waals surface area contributed by atoms with Crippen molar-refractivity contribution in [3.8, 4) is 17.2 Å². The van der Waals surface area contributed by atoms with Gasteiger partial charge in [0.1, 0.15) is 0 Å². The van der Waals surface area contributed by atoms with Gasteiger partial charge in [0.25, 0.3) is 0 Å². The zero-order valence-electron chi connectivity index (χ0n) is 14.6. The summed E-state index contributed by atoms with van der Waals surface area (Å²) in [6.07, 6.45) is 3.16. The van der Waals surface area contributed by atoms with E-state index in [0.717, 1.165) is 14.8 Å². The molecule has 0 saturated heterocycles. The number of amides is 1. The summed E-state index contributed by atoms with van der Waals surface area (Å²) >= 11 is 2.24. The van der Waals surface area contributed by atoms with Crippen LogP contribution in [0.1, 0.15) is 11.1 Å². The van der Waals surface area contributed by atoms with Gasteiger partial charge in [-0.25, -0.2) is 0 Å². The minimum absolute atomic E-state index is 0.214. The van der Waals surface area contributed by atoms with E-state index in [4.69, 9.17) is 14.2 Å². The predicted octanol–water partition coefficient (Wildman–Crippen LogP) is 4.28. The van der Waals surface area contributed by atoms with E-state index in [1.54, 1.807) is 39.5 Å². The van der Waals surface area contributed by atoms with Gasteiger partial charge in [-0.2, -0.15) is 0 Å². The molecule has 0 heterocycles. The second-order valence-corrected chi connectivity index (χ2v) is 6.41. The summed E-state index contributed by atoms with van der Waals surface area (Å²) in [5.41, 5.74) is 2.70. The zero-order chi connectivity index (χ0) is 18.4.